The molecule has 19 heavy (non-hydrogen) atoms. The van der Waals surface area contributed by atoms with Gasteiger partial charge in [-0.1, -0.05) is 6.92 Å². The number of thiazole rings is 1. The number of hydrogen-bond donors (Lipinski definition) is 2. The van der Waals surface area contributed by atoms with Crippen LogP contribution in [0.4, 0.5) is 4.79 Å². The predicted molar refractivity (Wildman–Crippen MR) is 77.8 cm³/mol. The van der Waals surface area contributed by atoms with E-state index in [1.54, 1.807) is 18.4 Å². The van der Waals surface area contributed by atoms with E-state index in [1.165, 1.54) is 0 Å². The van der Waals surface area contributed by atoms with Crippen molar-refractivity contribution in [3.05, 3.63) is 16.1 Å². The topological polar surface area (TPSA) is 63.2 Å². The fraction of sp³-hybridized carbons (Fsp3) is 0.692. The Morgan fingerprint density at radius 1 is 1.53 bits per heavy atom. The Hall–Kier alpha value is -1.14. The highest BCUT2D eigenvalue weighted by molar-refractivity contribution is 7.09. The number of carbonyl (C=O) groups is 1. The second kappa shape index (κ2) is 6.86. The summed E-state index contributed by atoms with van der Waals surface area (Å²) < 4.78 is 5.23. The van der Waals surface area contributed by atoms with Gasteiger partial charge >= 0.3 is 6.03 Å². The van der Waals surface area contributed by atoms with Crippen molar-refractivity contribution in [2.24, 2.45) is 0 Å². The van der Waals surface area contributed by atoms with E-state index in [1.807, 2.05) is 26.2 Å². The maximum Gasteiger partial charge on any atom is 0.314 e. The van der Waals surface area contributed by atoms with Gasteiger partial charge in [-0.05, 0) is 20.8 Å². The van der Waals surface area contributed by atoms with E-state index in [9.17, 15) is 4.79 Å². The molecule has 0 aliphatic carbocycles. The minimum absolute atomic E-state index is 0.176. The van der Waals surface area contributed by atoms with Gasteiger partial charge in [0.2, 0.25) is 0 Å². The Kier molecular flexibility index (Phi) is 5.75. The van der Waals surface area contributed by atoms with Gasteiger partial charge in [0, 0.05) is 37.2 Å². The quantitative estimate of drug-likeness (QED) is 0.843. The molecule has 5 nitrogen and oxygen atoms in total. The van der Waals surface area contributed by atoms with Crippen LogP contribution in [0.1, 0.15) is 37.4 Å². The van der Waals surface area contributed by atoms with Crippen LogP contribution in [0.5, 0.6) is 0 Å². The van der Waals surface area contributed by atoms with E-state index >= 15 is 0 Å². The number of urea groups is 1. The molecule has 6 heteroatoms. The molecule has 0 aliphatic rings. The average molecular weight is 285 g/mol. The molecule has 0 saturated heterocycles. The summed E-state index contributed by atoms with van der Waals surface area (Å²) in [6.07, 6.45) is 0. The lowest BCUT2D eigenvalue weighted by molar-refractivity contribution is 0.0254. The van der Waals surface area contributed by atoms with Gasteiger partial charge in [-0.3, -0.25) is 0 Å². The summed E-state index contributed by atoms with van der Waals surface area (Å²) in [7, 11) is 1.63. The van der Waals surface area contributed by atoms with Gasteiger partial charge in [-0.25, -0.2) is 9.78 Å². The Labute approximate surface area is 118 Å². The average Bonchev–Trinajstić information content (AvgIpc) is 2.80. The van der Waals surface area contributed by atoms with Crippen LogP contribution in [0.3, 0.4) is 0 Å². The number of nitrogens with one attached hydrogen (secondary N) is 2. The van der Waals surface area contributed by atoms with Crippen LogP contribution in [-0.4, -0.2) is 36.8 Å². The van der Waals surface area contributed by atoms with Crippen LogP contribution >= 0.6 is 11.3 Å². The standard InChI is InChI=1S/C13H23N3O2S/c1-9(11-16-10(2)7-19-11)6-14-12(17)15-8-13(3,4)18-5/h7,9H,6,8H2,1-5H3,(H2,14,15,17). The number of rotatable bonds is 6. The third-order valence-corrected chi connectivity index (χ3v) is 4.05. The summed E-state index contributed by atoms with van der Waals surface area (Å²) >= 11 is 1.63. The fourth-order valence-electron chi connectivity index (χ4n) is 1.36. The number of amides is 2. The molecule has 0 bridgehead atoms. The molecule has 0 saturated carbocycles. The number of ether oxygens (including phenoxy) is 1. The first-order valence-corrected chi connectivity index (χ1v) is 7.21. The molecule has 0 aliphatic heterocycles. The molecule has 0 fully saturated rings. The highest BCUT2D eigenvalue weighted by atomic mass is 32.1. The normalized spacial score (nSPS) is 13.1. The summed E-state index contributed by atoms with van der Waals surface area (Å²) in [5.74, 6) is 0.222. The summed E-state index contributed by atoms with van der Waals surface area (Å²) in [6, 6.07) is -0.176. The molecule has 1 unspecified atom stereocenters. The van der Waals surface area contributed by atoms with E-state index in [0.717, 1.165) is 10.7 Å². The molecule has 0 aromatic carbocycles. The zero-order valence-corrected chi connectivity index (χ0v) is 13.1. The van der Waals surface area contributed by atoms with Crippen molar-refractivity contribution < 1.29 is 9.53 Å². The van der Waals surface area contributed by atoms with E-state index in [0.29, 0.717) is 13.1 Å². The van der Waals surface area contributed by atoms with Crippen molar-refractivity contribution >= 4 is 17.4 Å². The lowest BCUT2D eigenvalue weighted by atomic mass is 10.1. The van der Waals surface area contributed by atoms with Gasteiger partial charge in [-0.15, -0.1) is 11.3 Å². The van der Waals surface area contributed by atoms with Crippen molar-refractivity contribution in [2.45, 2.75) is 39.2 Å². The van der Waals surface area contributed by atoms with Crippen LogP contribution in [0.25, 0.3) is 0 Å². The van der Waals surface area contributed by atoms with Crippen molar-refractivity contribution in [2.75, 3.05) is 20.2 Å². The maximum absolute atomic E-state index is 11.7. The van der Waals surface area contributed by atoms with E-state index in [4.69, 9.17) is 4.74 Å². The molecular formula is C13H23N3O2S. The molecule has 2 amide bonds. The minimum atomic E-state index is -0.352. The minimum Gasteiger partial charge on any atom is -0.377 e. The summed E-state index contributed by atoms with van der Waals surface area (Å²) in [5.41, 5.74) is 0.674. The number of aryl methyl sites for hydroxylation is 1. The third-order valence-electron chi connectivity index (χ3n) is 2.85. The number of carbonyl (C=O) groups excluding carboxylic acids is 1. The molecular weight excluding hydrogens is 262 g/mol. The number of aromatic nitrogens is 1. The molecule has 108 valence electrons. The van der Waals surface area contributed by atoms with Crippen molar-refractivity contribution in [1.29, 1.82) is 0 Å². The lowest BCUT2D eigenvalue weighted by Crippen LogP contribution is -2.45. The van der Waals surface area contributed by atoms with Crippen LogP contribution in [0.2, 0.25) is 0 Å². The molecule has 1 aromatic rings. The van der Waals surface area contributed by atoms with E-state index < -0.39 is 0 Å². The number of nitrogens with zero attached hydrogens (tertiary/aromatic N) is 1. The third kappa shape index (κ3) is 5.57. The smallest absolute Gasteiger partial charge is 0.314 e. The van der Waals surface area contributed by atoms with Gasteiger partial charge < -0.3 is 15.4 Å². The first-order valence-electron chi connectivity index (χ1n) is 6.33. The molecule has 1 atom stereocenters. The summed E-state index contributed by atoms with van der Waals surface area (Å²) in [6.45, 7) is 8.92. The van der Waals surface area contributed by atoms with Crippen LogP contribution in [0, 0.1) is 6.92 Å². The van der Waals surface area contributed by atoms with Crippen molar-refractivity contribution in [3.63, 3.8) is 0 Å². The Morgan fingerprint density at radius 3 is 2.74 bits per heavy atom. The first kappa shape index (κ1) is 15.9. The molecule has 1 heterocycles. The monoisotopic (exact) mass is 285 g/mol. The lowest BCUT2D eigenvalue weighted by Gasteiger charge is -2.23. The van der Waals surface area contributed by atoms with Crippen LogP contribution in [0.15, 0.2) is 5.38 Å². The second-order valence-electron chi connectivity index (χ2n) is 5.26. The van der Waals surface area contributed by atoms with E-state index in [-0.39, 0.29) is 17.6 Å². The fourth-order valence-corrected chi connectivity index (χ4v) is 2.22. The second-order valence-corrected chi connectivity index (χ2v) is 6.15. The Bertz CT molecular complexity index is 418. The summed E-state index contributed by atoms with van der Waals surface area (Å²) in [5, 5.41) is 8.71. The molecule has 0 radical (unpaired) electrons. The van der Waals surface area contributed by atoms with Gasteiger partial charge in [0.25, 0.3) is 0 Å². The highest BCUT2D eigenvalue weighted by Gasteiger charge is 2.17. The van der Waals surface area contributed by atoms with Crippen LogP contribution in [-0.2, 0) is 4.74 Å². The van der Waals surface area contributed by atoms with Gasteiger partial charge in [-0.2, -0.15) is 0 Å². The number of hydrogen-bond acceptors (Lipinski definition) is 4. The van der Waals surface area contributed by atoms with E-state index in [2.05, 4.69) is 22.5 Å². The highest BCUT2D eigenvalue weighted by Crippen LogP contribution is 2.18. The number of methoxy groups -OCH3 is 1. The zero-order chi connectivity index (χ0) is 14.5. The molecule has 1 aromatic heterocycles. The first-order chi connectivity index (χ1) is 8.84. The molecule has 0 spiro atoms. The van der Waals surface area contributed by atoms with Gasteiger partial charge in [0.1, 0.15) is 0 Å². The maximum atomic E-state index is 11.7. The van der Waals surface area contributed by atoms with Crippen LogP contribution < -0.4 is 10.6 Å². The SMILES string of the molecule is COC(C)(C)CNC(=O)NCC(C)c1nc(C)cs1. The Morgan fingerprint density at radius 2 is 2.21 bits per heavy atom. The zero-order valence-electron chi connectivity index (χ0n) is 12.2. The molecule has 1 rings (SSSR count). The predicted octanol–water partition coefficient (Wildman–Crippen LogP) is 2.28. The summed E-state index contributed by atoms with van der Waals surface area (Å²) in [4.78, 5) is 16.1. The van der Waals surface area contributed by atoms with Gasteiger partial charge in [0.15, 0.2) is 0 Å². The molecule has 2 N–H and O–H groups in total. The Balaban J connectivity index is 2.30. The van der Waals surface area contributed by atoms with Gasteiger partial charge in [0.05, 0.1) is 10.6 Å². The largest absolute Gasteiger partial charge is 0.377 e. The van der Waals surface area contributed by atoms with Crippen molar-refractivity contribution in [3.8, 4) is 0 Å². The van der Waals surface area contributed by atoms with Crippen molar-refractivity contribution in [1.82, 2.24) is 15.6 Å².